The zero-order chi connectivity index (χ0) is 11.1. The Morgan fingerprint density at radius 3 is 2.73 bits per heavy atom. The first-order chi connectivity index (χ1) is 7.18. The lowest BCUT2D eigenvalue weighted by atomic mass is 10.2. The van der Waals surface area contributed by atoms with Gasteiger partial charge in [-0.05, 0) is 31.0 Å². The maximum absolute atomic E-state index is 10.9. The average Bonchev–Trinajstić information content (AvgIpc) is 2.25. The van der Waals surface area contributed by atoms with Crippen LogP contribution in [0, 0.1) is 0 Å². The summed E-state index contributed by atoms with van der Waals surface area (Å²) in [4.78, 5) is 3.96. The van der Waals surface area contributed by atoms with Crippen molar-refractivity contribution >= 4 is 10.8 Å². The lowest BCUT2D eigenvalue weighted by molar-refractivity contribution is 0.534. The van der Waals surface area contributed by atoms with Crippen molar-refractivity contribution < 1.29 is 4.21 Å². The molecule has 3 nitrogen and oxygen atoms in total. The molecule has 1 N–H and O–H groups in total. The average molecular weight is 226 g/mol. The largest absolute Gasteiger partial charge is 0.310 e. The Bertz CT molecular complexity index is 303. The number of aromatic nitrogens is 1. The van der Waals surface area contributed by atoms with E-state index >= 15 is 0 Å². The Morgan fingerprint density at radius 1 is 1.47 bits per heavy atom. The van der Waals surface area contributed by atoms with Crippen LogP contribution >= 0.6 is 0 Å². The summed E-state index contributed by atoms with van der Waals surface area (Å²) in [6.45, 7) is 2.97. The fraction of sp³-hybridized carbons (Fsp3) is 0.545. The molecule has 2 unspecified atom stereocenters. The van der Waals surface area contributed by atoms with E-state index in [0.717, 1.165) is 18.7 Å². The molecule has 1 rings (SSSR count). The van der Waals surface area contributed by atoms with E-state index < -0.39 is 10.8 Å². The Labute approximate surface area is 93.8 Å². The van der Waals surface area contributed by atoms with Gasteiger partial charge in [0.15, 0.2) is 0 Å². The second-order valence-electron chi connectivity index (χ2n) is 3.70. The van der Waals surface area contributed by atoms with E-state index in [1.807, 2.05) is 12.1 Å². The van der Waals surface area contributed by atoms with Gasteiger partial charge >= 0.3 is 0 Å². The highest BCUT2D eigenvalue weighted by Gasteiger charge is 2.02. The van der Waals surface area contributed by atoms with Gasteiger partial charge in [-0.15, -0.1) is 0 Å². The minimum atomic E-state index is -0.684. The van der Waals surface area contributed by atoms with Crippen molar-refractivity contribution in [3.8, 4) is 0 Å². The summed E-state index contributed by atoms with van der Waals surface area (Å²) >= 11 is 0. The van der Waals surface area contributed by atoms with E-state index in [2.05, 4.69) is 17.2 Å². The Hall–Kier alpha value is -0.740. The topological polar surface area (TPSA) is 42.0 Å². The third kappa shape index (κ3) is 5.64. The molecule has 15 heavy (non-hydrogen) atoms. The van der Waals surface area contributed by atoms with E-state index in [4.69, 9.17) is 0 Å². The molecule has 4 heteroatoms. The highest BCUT2D eigenvalue weighted by molar-refractivity contribution is 7.84. The monoisotopic (exact) mass is 226 g/mol. The van der Waals surface area contributed by atoms with Crippen molar-refractivity contribution in [1.82, 2.24) is 10.3 Å². The van der Waals surface area contributed by atoms with Crippen LogP contribution in [0.3, 0.4) is 0 Å². The van der Waals surface area contributed by atoms with Crippen molar-refractivity contribution in [2.45, 2.75) is 25.9 Å². The van der Waals surface area contributed by atoms with E-state index in [0.29, 0.717) is 6.04 Å². The maximum Gasteiger partial charge on any atom is 0.0271 e. The number of nitrogens with zero attached hydrogens (tertiary/aromatic N) is 1. The van der Waals surface area contributed by atoms with Crippen LogP contribution in [0.25, 0.3) is 0 Å². The summed E-state index contributed by atoms with van der Waals surface area (Å²) in [5.41, 5.74) is 1.23. The van der Waals surface area contributed by atoms with E-state index in [-0.39, 0.29) is 0 Å². The van der Waals surface area contributed by atoms with Gasteiger partial charge in [0.05, 0.1) is 0 Å². The predicted octanol–water partition coefficient (Wildman–Crippen LogP) is 1.33. The lowest BCUT2D eigenvalue weighted by Gasteiger charge is -2.12. The predicted molar refractivity (Wildman–Crippen MR) is 64.1 cm³/mol. The van der Waals surface area contributed by atoms with Crippen LogP contribution in [0.4, 0.5) is 0 Å². The highest BCUT2D eigenvalue weighted by Crippen LogP contribution is 1.98. The van der Waals surface area contributed by atoms with E-state index in [1.54, 1.807) is 18.6 Å². The number of hydrogen-bond donors (Lipinski definition) is 1. The van der Waals surface area contributed by atoms with Gasteiger partial charge in [-0.2, -0.15) is 0 Å². The second-order valence-corrected chi connectivity index (χ2v) is 5.26. The maximum atomic E-state index is 10.9. The standard InChI is InChI=1S/C11H18N2OS/c1-10(5-8-15(2)14)13-9-11-3-6-12-7-4-11/h3-4,6-7,10,13H,5,8-9H2,1-2H3. The lowest BCUT2D eigenvalue weighted by Crippen LogP contribution is -2.26. The van der Waals surface area contributed by atoms with Gasteiger partial charge in [0.25, 0.3) is 0 Å². The van der Waals surface area contributed by atoms with Crippen LogP contribution in [0.2, 0.25) is 0 Å². The van der Waals surface area contributed by atoms with Gasteiger partial charge in [0.2, 0.25) is 0 Å². The summed E-state index contributed by atoms with van der Waals surface area (Å²) in [5.74, 6) is 0.768. The fourth-order valence-electron chi connectivity index (χ4n) is 1.24. The highest BCUT2D eigenvalue weighted by atomic mass is 32.2. The molecule has 0 radical (unpaired) electrons. The third-order valence-electron chi connectivity index (χ3n) is 2.24. The van der Waals surface area contributed by atoms with Gasteiger partial charge in [-0.3, -0.25) is 9.19 Å². The first kappa shape index (κ1) is 12.3. The van der Waals surface area contributed by atoms with Crippen molar-refractivity contribution in [2.75, 3.05) is 12.0 Å². The molecule has 84 valence electrons. The number of nitrogens with one attached hydrogen (secondary N) is 1. The molecular weight excluding hydrogens is 208 g/mol. The molecule has 0 saturated carbocycles. The molecule has 0 saturated heterocycles. The van der Waals surface area contributed by atoms with Crippen molar-refractivity contribution in [3.63, 3.8) is 0 Å². The smallest absolute Gasteiger partial charge is 0.0271 e. The van der Waals surface area contributed by atoms with Gasteiger partial charge in [-0.1, -0.05) is 0 Å². The van der Waals surface area contributed by atoms with E-state index in [1.165, 1.54) is 5.56 Å². The Balaban J connectivity index is 2.22. The molecule has 0 bridgehead atoms. The molecule has 0 spiro atoms. The summed E-state index contributed by atoms with van der Waals surface area (Å²) < 4.78 is 10.9. The summed E-state index contributed by atoms with van der Waals surface area (Å²) in [6.07, 6.45) is 6.29. The number of pyridine rings is 1. The molecule has 1 aromatic rings. The summed E-state index contributed by atoms with van der Waals surface area (Å²) in [7, 11) is -0.684. The van der Waals surface area contributed by atoms with Crippen molar-refractivity contribution in [1.29, 1.82) is 0 Å². The minimum Gasteiger partial charge on any atom is -0.310 e. The van der Waals surface area contributed by atoms with Crippen molar-refractivity contribution in [3.05, 3.63) is 30.1 Å². The molecule has 2 atom stereocenters. The van der Waals surface area contributed by atoms with Crippen LogP contribution in [0.1, 0.15) is 18.9 Å². The summed E-state index contributed by atoms with van der Waals surface area (Å²) in [6, 6.07) is 4.40. The molecule has 0 aliphatic heterocycles. The Kier molecular flexibility index (Phi) is 5.50. The van der Waals surface area contributed by atoms with Crippen LogP contribution in [-0.2, 0) is 17.3 Å². The number of hydrogen-bond acceptors (Lipinski definition) is 3. The van der Waals surface area contributed by atoms with E-state index in [9.17, 15) is 4.21 Å². The molecule has 0 aliphatic carbocycles. The molecule has 0 aliphatic rings. The van der Waals surface area contributed by atoms with Crippen molar-refractivity contribution in [2.24, 2.45) is 0 Å². The van der Waals surface area contributed by atoms with Gasteiger partial charge in [0.1, 0.15) is 0 Å². The normalized spacial score (nSPS) is 14.8. The van der Waals surface area contributed by atoms with Crippen LogP contribution in [0.15, 0.2) is 24.5 Å². The quantitative estimate of drug-likeness (QED) is 0.795. The second kappa shape index (κ2) is 6.69. The molecule has 0 fully saturated rings. The van der Waals surface area contributed by atoms with Crippen LogP contribution in [-0.4, -0.2) is 27.2 Å². The molecule has 0 aromatic carbocycles. The van der Waals surface area contributed by atoms with Gasteiger partial charge in [0, 0.05) is 47.8 Å². The minimum absolute atomic E-state index is 0.405. The van der Waals surface area contributed by atoms with Crippen LogP contribution < -0.4 is 5.32 Å². The Morgan fingerprint density at radius 2 is 2.13 bits per heavy atom. The fourth-order valence-corrected chi connectivity index (χ4v) is 1.92. The summed E-state index contributed by atoms with van der Waals surface area (Å²) in [5, 5.41) is 3.39. The SMILES string of the molecule is CC(CCS(C)=O)NCc1ccncc1. The zero-order valence-electron chi connectivity index (χ0n) is 9.27. The third-order valence-corrected chi connectivity index (χ3v) is 3.05. The molecule has 0 amide bonds. The zero-order valence-corrected chi connectivity index (χ0v) is 10.1. The first-order valence-electron chi connectivity index (χ1n) is 5.11. The van der Waals surface area contributed by atoms with Gasteiger partial charge in [-0.25, -0.2) is 0 Å². The molecule has 1 heterocycles. The number of rotatable bonds is 6. The first-order valence-corrected chi connectivity index (χ1v) is 6.83. The van der Waals surface area contributed by atoms with Gasteiger partial charge < -0.3 is 5.32 Å². The molecular formula is C11H18N2OS. The molecule has 1 aromatic heterocycles. The van der Waals surface area contributed by atoms with Crippen LogP contribution in [0.5, 0.6) is 0 Å².